The van der Waals surface area contributed by atoms with Gasteiger partial charge in [0.1, 0.15) is 0 Å². The summed E-state index contributed by atoms with van der Waals surface area (Å²) >= 11 is 0. The standard InChI is InChI=1S/C14H14O4/c1-17-12(15)14(13(16)18-2)10-7-8-5-3-4-6-9(8)11(10)14/h3-6,10-11H,7H2,1-2H3/t10-,11+/m0/s1. The third-order valence-electron chi connectivity index (χ3n) is 4.24. The summed E-state index contributed by atoms with van der Waals surface area (Å²) in [7, 11) is 2.62. The van der Waals surface area contributed by atoms with Gasteiger partial charge in [-0.05, 0) is 23.5 Å². The van der Waals surface area contributed by atoms with Gasteiger partial charge in [-0.2, -0.15) is 0 Å². The highest BCUT2D eigenvalue weighted by molar-refractivity contribution is 6.06. The SMILES string of the molecule is COC(=O)C1(C(=O)OC)[C@@H]2c3ccccc3C[C@@H]21. The van der Waals surface area contributed by atoms with Gasteiger partial charge in [-0.1, -0.05) is 24.3 Å². The van der Waals surface area contributed by atoms with Crippen molar-refractivity contribution < 1.29 is 19.1 Å². The Balaban J connectivity index is 2.04. The largest absolute Gasteiger partial charge is 0.468 e. The van der Waals surface area contributed by atoms with Crippen LogP contribution in [0.25, 0.3) is 0 Å². The molecule has 18 heavy (non-hydrogen) atoms. The molecule has 0 saturated heterocycles. The second-order valence-corrected chi connectivity index (χ2v) is 4.84. The van der Waals surface area contributed by atoms with E-state index in [1.54, 1.807) is 0 Å². The minimum atomic E-state index is -1.10. The molecular formula is C14H14O4. The van der Waals surface area contributed by atoms with Crippen molar-refractivity contribution in [3.8, 4) is 0 Å². The molecule has 2 aliphatic rings. The van der Waals surface area contributed by atoms with Gasteiger partial charge >= 0.3 is 11.9 Å². The fraction of sp³-hybridized carbons (Fsp3) is 0.429. The highest BCUT2D eigenvalue weighted by Gasteiger charge is 2.78. The lowest BCUT2D eigenvalue weighted by Crippen LogP contribution is -2.33. The molecule has 0 spiro atoms. The van der Waals surface area contributed by atoms with Gasteiger partial charge in [-0.3, -0.25) is 9.59 Å². The lowest BCUT2D eigenvalue weighted by Gasteiger charge is -2.17. The Bertz CT molecular complexity index is 518. The van der Waals surface area contributed by atoms with E-state index >= 15 is 0 Å². The summed E-state index contributed by atoms with van der Waals surface area (Å²) in [5, 5.41) is 0. The van der Waals surface area contributed by atoms with Crippen LogP contribution in [0.3, 0.4) is 0 Å². The highest BCUT2D eigenvalue weighted by atomic mass is 16.5. The quantitative estimate of drug-likeness (QED) is 0.583. The minimum absolute atomic E-state index is 0.00481. The van der Waals surface area contributed by atoms with Gasteiger partial charge in [-0.25, -0.2) is 0 Å². The molecule has 0 unspecified atom stereocenters. The van der Waals surface area contributed by atoms with E-state index in [2.05, 4.69) is 0 Å². The van der Waals surface area contributed by atoms with Crippen LogP contribution in [-0.4, -0.2) is 26.2 Å². The van der Waals surface area contributed by atoms with Crippen LogP contribution in [0.15, 0.2) is 24.3 Å². The van der Waals surface area contributed by atoms with Gasteiger partial charge < -0.3 is 9.47 Å². The van der Waals surface area contributed by atoms with Crippen LogP contribution in [0.5, 0.6) is 0 Å². The zero-order valence-electron chi connectivity index (χ0n) is 10.3. The maximum absolute atomic E-state index is 12.0. The smallest absolute Gasteiger partial charge is 0.324 e. The predicted octanol–water partition coefficient (Wildman–Crippen LogP) is 1.29. The number of methoxy groups -OCH3 is 2. The van der Waals surface area contributed by atoms with Crippen molar-refractivity contribution in [3.05, 3.63) is 35.4 Å². The van der Waals surface area contributed by atoms with E-state index in [0.29, 0.717) is 0 Å². The van der Waals surface area contributed by atoms with Gasteiger partial charge in [0.25, 0.3) is 0 Å². The van der Waals surface area contributed by atoms with Crippen LogP contribution in [0.2, 0.25) is 0 Å². The van der Waals surface area contributed by atoms with E-state index in [9.17, 15) is 9.59 Å². The molecule has 0 aromatic heterocycles. The fourth-order valence-corrected chi connectivity index (χ4v) is 3.44. The Morgan fingerprint density at radius 3 is 2.39 bits per heavy atom. The summed E-state index contributed by atoms with van der Waals surface area (Å²) in [6.07, 6.45) is 0.741. The summed E-state index contributed by atoms with van der Waals surface area (Å²) in [5.74, 6) is -1.03. The molecule has 1 aromatic rings. The average Bonchev–Trinajstić information content (AvgIpc) is 2.91. The maximum atomic E-state index is 12.0. The number of rotatable bonds is 2. The number of carbonyl (C=O) groups excluding carboxylic acids is 2. The van der Waals surface area contributed by atoms with E-state index < -0.39 is 17.4 Å². The summed E-state index contributed by atoms with van der Waals surface area (Å²) in [4.78, 5) is 24.0. The molecule has 3 rings (SSSR count). The lowest BCUT2D eigenvalue weighted by molar-refractivity contribution is -0.162. The Kier molecular flexibility index (Phi) is 2.24. The number of hydrogen-bond donors (Lipinski definition) is 0. The normalized spacial score (nSPS) is 25.9. The van der Waals surface area contributed by atoms with Crippen LogP contribution in [0.4, 0.5) is 0 Å². The van der Waals surface area contributed by atoms with E-state index in [-0.39, 0.29) is 11.8 Å². The molecule has 94 valence electrons. The first-order chi connectivity index (χ1) is 8.67. The molecule has 0 aliphatic heterocycles. The predicted molar refractivity (Wildman–Crippen MR) is 62.8 cm³/mol. The van der Waals surface area contributed by atoms with E-state index in [4.69, 9.17) is 9.47 Å². The third-order valence-corrected chi connectivity index (χ3v) is 4.24. The van der Waals surface area contributed by atoms with Crippen molar-refractivity contribution in [2.45, 2.75) is 12.3 Å². The molecule has 2 atom stereocenters. The van der Waals surface area contributed by atoms with Crippen molar-refractivity contribution in [2.75, 3.05) is 14.2 Å². The van der Waals surface area contributed by atoms with E-state index in [1.807, 2.05) is 24.3 Å². The fourth-order valence-electron chi connectivity index (χ4n) is 3.44. The Hall–Kier alpha value is -1.84. The molecule has 0 amide bonds. The molecule has 1 fully saturated rings. The van der Waals surface area contributed by atoms with Crippen molar-refractivity contribution in [3.63, 3.8) is 0 Å². The van der Waals surface area contributed by atoms with E-state index in [0.717, 1.165) is 12.0 Å². The van der Waals surface area contributed by atoms with Crippen LogP contribution in [-0.2, 0) is 25.5 Å². The molecule has 0 N–H and O–H groups in total. The minimum Gasteiger partial charge on any atom is -0.468 e. The zero-order chi connectivity index (χ0) is 12.9. The third kappa shape index (κ3) is 1.10. The Labute approximate surface area is 105 Å². The van der Waals surface area contributed by atoms with Crippen molar-refractivity contribution in [1.82, 2.24) is 0 Å². The molecule has 0 bridgehead atoms. The zero-order valence-corrected chi connectivity index (χ0v) is 10.3. The Morgan fingerprint density at radius 1 is 1.17 bits per heavy atom. The topological polar surface area (TPSA) is 52.6 Å². The number of fused-ring (bicyclic) bond motifs is 3. The highest BCUT2D eigenvalue weighted by Crippen LogP contribution is 2.71. The first-order valence-corrected chi connectivity index (χ1v) is 5.92. The average molecular weight is 246 g/mol. The first kappa shape index (κ1) is 11.3. The monoisotopic (exact) mass is 246 g/mol. The maximum Gasteiger partial charge on any atom is 0.324 e. The molecule has 0 heterocycles. The van der Waals surface area contributed by atoms with Crippen molar-refractivity contribution in [1.29, 1.82) is 0 Å². The number of hydrogen-bond acceptors (Lipinski definition) is 4. The summed E-state index contributed by atoms with van der Waals surface area (Å²) in [6, 6.07) is 7.93. The lowest BCUT2D eigenvalue weighted by atomic mass is 9.91. The number of benzene rings is 1. The molecule has 4 heteroatoms. The molecule has 1 saturated carbocycles. The van der Waals surface area contributed by atoms with Gasteiger partial charge in [-0.15, -0.1) is 0 Å². The second kappa shape index (κ2) is 3.57. The number of ether oxygens (including phenoxy) is 2. The van der Waals surface area contributed by atoms with Gasteiger partial charge in [0.15, 0.2) is 5.41 Å². The first-order valence-electron chi connectivity index (χ1n) is 5.92. The van der Waals surface area contributed by atoms with Crippen molar-refractivity contribution >= 4 is 11.9 Å². The summed E-state index contributed by atoms with van der Waals surface area (Å²) < 4.78 is 9.62. The number of carbonyl (C=O) groups is 2. The second-order valence-electron chi connectivity index (χ2n) is 4.84. The molecular weight excluding hydrogens is 232 g/mol. The Morgan fingerprint density at radius 2 is 1.78 bits per heavy atom. The van der Waals surface area contributed by atoms with Crippen molar-refractivity contribution in [2.24, 2.45) is 11.3 Å². The van der Waals surface area contributed by atoms with Crippen LogP contribution in [0.1, 0.15) is 17.0 Å². The van der Waals surface area contributed by atoms with Gasteiger partial charge in [0.05, 0.1) is 14.2 Å². The summed E-state index contributed by atoms with van der Waals surface area (Å²) in [5.41, 5.74) is 1.20. The molecule has 0 radical (unpaired) electrons. The van der Waals surface area contributed by atoms with Crippen LogP contribution in [0, 0.1) is 11.3 Å². The summed E-state index contributed by atoms with van der Waals surface area (Å²) in [6.45, 7) is 0. The molecule has 2 aliphatic carbocycles. The van der Waals surface area contributed by atoms with Crippen LogP contribution >= 0.6 is 0 Å². The molecule has 4 nitrogen and oxygen atoms in total. The molecule has 1 aromatic carbocycles. The number of esters is 2. The van der Waals surface area contributed by atoms with Crippen LogP contribution < -0.4 is 0 Å². The van der Waals surface area contributed by atoms with Gasteiger partial charge in [0, 0.05) is 5.92 Å². The van der Waals surface area contributed by atoms with Gasteiger partial charge in [0.2, 0.25) is 0 Å². The van der Waals surface area contributed by atoms with E-state index in [1.165, 1.54) is 19.8 Å².